The van der Waals surface area contributed by atoms with Gasteiger partial charge in [0.25, 0.3) is 0 Å². The van der Waals surface area contributed by atoms with E-state index in [2.05, 4.69) is 4.98 Å². The summed E-state index contributed by atoms with van der Waals surface area (Å²) in [4.78, 5) is 4.05. The van der Waals surface area contributed by atoms with Crippen LogP contribution in [0.25, 0.3) is 11.1 Å². The molecular weight excluding hydrogens is 303 g/mol. The van der Waals surface area contributed by atoms with E-state index in [0.29, 0.717) is 16.7 Å². The molecule has 0 fully saturated rings. The second-order valence-corrected chi connectivity index (χ2v) is 4.93. The molecule has 0 bridgehead atoms. The minimum atomic E-state index is -0.775. The summed E-state index contributed by atoms with van der Waals surface area (Å²) in [6.45, 7) is 0.0395. The van der Waals surface area contributed by atoms with E-state index in [1.54, 1.807) is 36.7 Å². The molecule has 5 heteroatoms. The lowest BCUT2D eigenvalue weighted by Crippen LogP contribution is -1.99. The topological polar surface area (TPSA) is 22.1 Å². The highest BCUT2D eigenvalue weighted by atomic mass is 19.1. The molecule has 116 valence electrons. The second kappa shape index (κ2) is 6.52. The van der Waals surface area contributed by atoms with Gasteiger partial charge < -0.3 is 4.74 Å². The van der Waals surface area contributed by atoms with Crippen molar-refractivity contribution in [2.24, 2.45) is 0 Å². The van der Waals surface area contributed by atoms with Crippen molar-refractivity contribution >= 4 is 0 Å². The van der Waals surface area contributed by atoms with E-state index >= 15 is 0 Å². The van der Waals surface area contributed by atoms with E-state index in [4.69, 9.17) is 4.74 Å². The highest BCUT2D eigenvalue weighted by Crippen LogP contribution is 2.24. The van der Waals surface area contributed by atoms with Crippen molar-refractivity contribution in [3.63, 3.8) is 0 Å². The van der Waals surface area contributed by atoms with Gasteiger partial charge >= 0.3 is 0 Å². The lowest BCUT2D eigenvalue weighted by atomic mass is 10.1. The fraction of sp³-hybridized carbons (Fsp3) is 0.0556. The van der Waals surface area contributed by atoms with Crippen molar-refractivity contribution in [1.82, 2.24) is 4.98 Å². The van der Waals surface area contributed by atoms with Gasteiger partial charge in [-0.05, 0) is 24.3 Å². The first-order valence-electron chi connectivity index (χ1n) is 6.90. The number of halogens is 3. The second-order valence-electron chi connectivity index (χ2n) is 4.93. The third-order valence-corrected chi connectivity index (χ3v) is 3.27. The smallest absolute Gasteiger partial charge is 0.167 e. The molecule has 1 heterocycles. The maximum absolute atomic E-state index is 13.8. The summed E-state index contributed by atoms with van der Waals surface area (Å²) in [6, 6.07) is 11.2. The Balaban J connectivity index is 1.79. The van der Waals surface area contributed by atoms with Crippen molar-refractivity contribution in [3.8, 4) is 16.9 Å². The van der Waals surface area contributed by atoms with Gasteiger partial charge in [0.15, 0.2) is 11.6 Å². The number of pyridine rings is 1. The van der Waals surface area contributed by atoms with Gasteiger partial charge in [-0.1, -0.05) is 18.2 Å². The fourth-order valence-corrected chi connectivity index (χ4v) is 2.16. The lowest BCUT2D eigenvalue weighted by Gasteiger charge is -2.09. The van der Waals surface area contributed by atoms with Gasteiger partial charge in [0.1, 0.15) is 18.2 Å². The number of rotatable bonds is 4. The predicted octanol–water partition coefficient (Wildman–Crippen LogP) is 4.74. The zero-order chi connectivity index (χ0) is 16.2. The summed E-state index contributed by atoms with van der Waals surface area (Å²) in [5, 5.41) is 0. The normalized spacial score (nSPS) is 10.6. The SMILES string of the molecule is Fc1ccc(OCc2cncc(-c3ccccc3F)c2)c(F)c1. The van der Waals surface area contributed by atoms with Crippen molar-refractivity contribution in [1.29, 1.82) is 0 Å². The molecule has 3 aromatic rings. The third kappa shape index (κ3) is 3.51. The van der Waals surface area contributed by atoms with E-state index in [1.807, 2.05) is 0 Å². The number of ether oxygens (including phenoxy) is 1. The largest absolute Gasteiger partial charge is 0.486 e. The molecule has 0 saturated heterocycles. The summed E-state index contributed by atoms with van der Waals surface area (Å²) in [6.07, 6.45) is 3.09. The molecule has 0 unspecified atom stereocenters. The van der Waals surface area contributed by atoms with Gasteiger partial charge in [-0.2, -0.15) is 0 Å². The Morgan fingerprint density at radius 1 is 0.870 bits per heavy atom. The van der Waals surface area contributed by atoms with Crippen LogP contribution in [0.15, 0.2) is 60.9 Å². The van der Waals surface area contributed by atoms with Crippen LogP contribution in [0.3, 0.4) is 0 Å². The predicted molar refractivity (Wildman–Crippen MR) is 80.3 cm³/mol. The first kappa shape index (κ1) is 15.1. The molecule has 0 amide bonds. The van der Waals surface area contributed by atoms with E-state index in [1.165, 1.54) is 12.1 Å². The minimum absolute atomic E-state index is 0.0395. The third-order valence-electron chi connectivity index (χ3n) is 3.27. The van der Waals surface area contributed by atoms with E-state index in [9.17, 15) is 13.2 Å². The number of hydrogen-bond donors (Lipinski definition) is 0. The van der Waals surface area contributed by atoms with Crippen molar-refractivity contribution in [3.05, 3.63) is 83.9 Å². The highest BCUT2D eigenvalue weighted by Gasteiger charge is 2.08. The summed E-state index contributed by atoms with van der Waals surface area (Å²) >= 11 is 0. The zero-order valence-electron chi connectivity index (χ0n) is 12.0. The summed E-state index contributed by atoms with van der Waals surface area (Å²) < 4.78 is 45.5. The first-order chi connectivity index (χ1) is 11.1. The molecule has 0 saturated carbocycles. The van der Waals surface area contributed by atoms with Crippen LogP contribution < -0.4 is 4.74 Å². The number of nitrogens with zero attached hydrogens (tertiary/aromatic N) is 1. The summed E-state index contributed by atoms with van der Waals surface area (Å²) in [5.74, 6) is -1.85. The Morgan fingerprint density at radius 3 is 2.48 bits per heavy atom. The average Bonchev–Trinajstić information content (AvgIpc) is 2.55. The van der Waals surface area contributed by atoms with Gasteiger partial charge in [0.2, 0.25) is 0 Å². The van der Waals surface area contributed by atoms with Gasteiger partial charge in [0, 0.05) is 35.2 Å². The Labute approximate surface area is 131 Å². The Morgan fingerprint density at radius 2 is 1.70 bits per heavy atom. The van der Waals surface area contributed by atoms with Gasteiger partial charge in [-0.3, -0.25) is 4.98 Å². The fourth-order valence-electron chi connectivity index (χ4n) is 2.16. The van der Waals surface area contributed by atoms with Crippen molar-refractivity contribution < 1.29 is 17.9 Å². The molecular formula is C18H12F3NO. The molecule has 1 aromatic heterocycles. The van der Waals surface area contributed by atoms with Gasteiger partial charge in [-0.25, -0.2) is 13.2 Å². The standard InChI is InChI=1S/C18H12F3NO/c19-14-5-6-18(17(21)8-14)23-11-12-7-13(10-22-9-12)15-3-1-2-4-16(15)20/h1-10H,11H2. The van der Waals surface area contributed by atoms with Crippen LogP contribution in [-0.2, 0) is 6.61 Å². The molecule has 0 atom stereocenters. The zero-order valence-corrected chi connectivity index (χ0v) is 12.0. The molecule has 0 spiro atoms. The van der Waals surface area contributed by atoms with Crippen molar-refractivity contribution in [2.75, 3.05) is 0 Å². The van der Waals surface area contributed by atoms with Crippen LogP contribution in [-0.4, -0.2) is 4.98 Å². The molecule has 2 aromatic carbocycles. The highest BCUT2D eigenvalue weighted by molar-refractivity contribution is 5.63. The van der Waals surface area contributed by atoms with Crippen LogP contribution in [0.1, 0.15) is 5.56 Å². The lowest BCUT2D eigenvalue weighted by molar-refractivity contribution is 0.289. The number of aromatic nitrogens is 1. The Bertz CT molecular complexity index is 836. The van der Waals surface area contributed by atoms with E-state index in [-0.39, 0.29) is 18.2 Å². The van der Waals surface area contributed by atoms with Gasteiger partial charge in [0.05, 0.1) is 0 Å². The summed E-state index contributed by atoms with van der Waals surface area (Å²) in [5.41, 5.74) is 1.67. The Hall–Kier alpha value is -2.82. The van der Waals surface area contributed by atoms with Crippen LogP contribution in [0, 0.1) is 17.5 Å². The molecule has 0 aliphatic carbocycles. The molecule has 0 N–H and O–H groups in total. The molecule has 0 radical (unpaired) electrons. The van der Waals surface area contributed by atoms with Crippen LogP contribution in [0.5, 0.6) is 5.75 Å². The number of hydrogen-bond acceptors (Lipinski definition) is 2. The van der Waals surface area contributed by atoms with Crippen LogP contribution >= 0.6 is 0 Å². The maximum atomic E-state index is 13.8. The summed E-state index contributed by atoms with van der Waals surface area (Å²) in [7, 11) is 0. The maximum Gasteiger partial charge on any atom is 0.167 e. The number of benzene rings is 2. The van der Waals surface area contributed by atoms with E-state index in [0.717, 1.165) is 12.1 Å². The monoisotopic (exact) mass is 315 g/mol. The van der Waals surface area contributed by atoms with Crippen LogP contribution in [0.4, 0.5) is 13.2 Å². The molecule has 0 aliphatic heterocycles. The van der Waals surface area contributed by atoms with Crippen LogP contribution in [0.2, 0.25) is 0 Å². The average molecular weight is 315 g/mol. The first-order valence-corrected chi connectivity index (χ1v) is 6.90. The molecule has 2 nitrogen and oxygen atoms in total. The molecule has 23 heavy (non-hydrogen) atoms. The van der Waals surface area contributed by atoms with E-state index < -0.39 is 11.6 Å². The Kier molecular flexibility index (Phi) is 4.28. The van der Waals surface area contributed by atoms with Gasteiger partial charge in [-0.15, -0.1) is 0 Å². The minimum Gasteiger partial charge on any atom is -0.486 e. The molecule has 3 rings (SSSR count). The quantitative estimate of drug-likeness (QED) is 0.693. The molecule has 0 aliphatic rings. The van der Waals surface area contributed by atoms with Crippen molar-refractivity contribution in [2.45, 2.75) is 6.61 Å².